The molecule has 0 atom stereocenters. The molecule has 0 saturated heterocycles. The summed E-state index contributed by atoms with van der Waals surface area (Å²) in [6.45, 7) is 0. The molecule has 0 amide bonds. The van der Waals surface area contributed by atoms with Crippen molar-refractivity contribution < 1.29 is 0 Å². The van der Waals surface area contributed by atoms with E-state index < -0.39 is 0 Å². The molecule has 0 aliphatic carbocycles. The highest BCUT2D eigenvalue weighted by molar-refractivity contribution is 7.26. The van der Waals surface area contributed by atoms with Crippen molar-refractivity contribution in [3.8, 4) is 22.5 Å². The van der Waals surface area contributed by atoms with Crippen LogP contribution in [0.15, 0.2) is 158 Å². The van der Waals surface area contributed by atoms with Gasteiger partial charge in [-0.2, -0.15) is 0 Å². The van der Waals surface area contributed by atoms with Gasteiger partial charge in [0.2, 0.25) is 0 Å². The maximum atomic E-state index is 2.44. The highest BCUT2D eigenvalue weighted by Crippen LogP contribution is 2.44. The lowest BCUT2D eigenvalue weighted by atomic mass is 9.99. The lowest BCUT2D eigenvalue weighted by Gasteiger charge is -2.13. The molecule has 0 saturated carbocycles. The summed E-state index contributed by atoms with van der Waals surface area (Å²) in [6.07, 6.45) is 0. The Kier molecular flexibility index (Phi) is 5.19. The van der Waals surface area contributed by atoms with Crippen molar-refractivity contribution in [3.05, 3.63) is 158 Å². The predicted octanol–water partition coefficient (Wildman–Crippen LogP) is 11.9. The zero-order valence-electron chi connectivity index (χ0n) is 24.3. The van der Waals surface area contributed by atoms with E-state index in [9.17, 15) is 0 Å². The Balaban J connectivity index is 1.31. The zero-order chi connectivity index (χ0) is 29.5. The van der Waals surface area contributed by atoms with Gasteiger partial charge in [0.25, 0.3) is 0 Å². The summed E-state index contributed by atoms with van der Waals surface area (Å²) >= 11 is 1.89. The molecule has 3 heteroatoms. The minimum Gasteiger partial charge on any atom is -0.309 e. The summed E-state index contributed by atoms with van der Waals surface area (Å²) in [4.78, 5) is 0. The highest BCUT2D eigenvalue weighted by atomic mass is 32.1. The molecule has 0 spiro atoms. The number of hydrogen-bond donors (Lipinski definition) is 0. The quantitative estimate of drug-likeness (QED) is 0.194. The van der Waals surface area contributed by atoms with Crippen LogP contribution in [0.4, 0.5) is 0 Å². The first-order valence-corrected chi connectivity index (χ1v) is 16.2. The number of thiophene rings is 1. The SMILES string of the molecule is c1ccc(-n2c3ccccc3c3cc(-c4cc(-n5c6ccccc6c6ccccc65)cc5c4sc4ccccc45)ccc32)cc1. The Bertz CT molecular complexity index is 2710. The fraction of sp³-hybridized carbons (Fsp3) is 0. The third-order valence-electron chi connectivity index (χ3n) is 9.30. The number of hydrogen-bond acceptors (Lipinski definition) is 1. The van der Waals surface area contributed by atoms with Gasteiger partial charge in [0.1, 0.15) is 0 Å². The monoisotopic (exact) mass is 590 g/mol. The lowest BCUT2D eigenvalue weighted by molar-refractivity contribution is 1.18. The van der Waals surface area contributed by atoms with Crippen LogP contribution < -0.4 is 0 Å². The van der Waals surface area contributed by atoms with Crippen molar-refractivity contribution in [2.24, 2.45) is 0 Å². The maximum Gasteiger partial charge on any atom is 0.0541 e. The summed E-state index contributed by atoms with van der Waals surface area (Å²) in [5.74, 6) is 0. The van der Waals surface area contributed by atoms with Crippen molar-refractivity contribution >= 4 is 75.1 Å². The number of para-hydroxylation sites is 4. The minimum absolute atomic E-state index is 1.18. The van der Waals surface area contributed by atoms with E-state index in [1.807, 2.05) is 11.3 Å². The lowest BCUT2D eigenvalue weighted by Crippen LogP contribution is -1.95. The molecule has 2 nitrogen and oxygen atoms in total. The van der Waals surface area contributed by atoms with Gasteiger partial charge in [0.05, 0.1) is 22.1 Å². The van der Waals surface area contributed by atoms with Gasteiger partial charge in [-0.25, -0.2) is 0 Å². The van der Waals surface area contributed by atoms with Crippen LogP contribution in [0.1, 0.15) is 0 Å². The van der Waals surface area contributed by atoms with Crippen molar-refractivity contribution in [2.75, 3.05) is 0 Å². The van der Waals surface area contributed by atoms with Gasteiger partial charge in [-0.05, 0) is 66.2 Å². The van der Waals surface area contributed by atoms with Crippen LogP contribution in [-0.4, -0.2) is 9.13 Å². The largest absolute Gasteiger partial charge is 0.309 e. The molecule has 0 fully saturated rings. The topological polar surface area (TPSA) is 9.86 Å². The normalized spacial score (nSPS) is 12.0. The Hall–Kier alpha value is -5.64. The first kappa shape index (κ1) is 24.8. The average molecular weight is 591 g/mol. The van der Waals surface area contributed by atoms with Gasteiger partial charge in [-0.15, -0.1) is 11.3 Å². The number of benzene rings is 7. The van der Waals surface area contributed by atoms with Crippen LogP contribution in [0.5, 0.6) is 0 Å². The zero-order valence-corrected chi connectivity index (χ0v) is 25.1. The molecule has 0 bridgehead atoms. The van der Waals surface area contributed by atoms with Gasteiger partial charge < -0.3 is 9.13 Å². The molecular weight excluding hydrogens is 565 g/mol. The molecule has 7 aromatic carbocycles. The average Bonchev–Trinajstić information content (AvgIpc) is 3.76. The van der Waals surface area contributed by atoms with E-state index in [1.54, 1.807) is 0 Å². The van der Waals surface area contributed by atoms with E-state index in [2.05, 4.69) is 167 Å². The second-order valence-corrected chi connectivity index (χ2v) is 12.8. The molecule has 0 unspecified atom stereocenters. The number of aromatic nitrogens is 2. The van der Waals surface area contributed by atoms with Crippen molar-refractivity contribution in [2.45, 2.75) is 0 Å². The molecular formula is C42H26N2S. The summed E-state index contributed by atoms with van der Waals surface area (Å²) in [7, 11) is 0. The van der Waals surface area contributed by atoms with Crippen LogP contribution >= 0.6 is 11.3 Å². The second kappa shape index (κ2) is 9.43. The van der Waals surface area contributed by atoms with Gasteiger partial charge in [-0.1, -0.05) is 97.1 Å². The van der Waals surface area contributed by atoms with E-state index in [0.29, 0.717) is 0 Å². The van der Waals surface area contributed by atoms with E-state index in [4.69, 9.17) is 0 Å². The third kappa shape index (κ3) is 3.56. The van der Waals surface area contributed by atoms with E-state index in [0.717, 1.165) is 0 Å². The molecule has 45 heavy (non-hydrogen) atoms. The Morgan fingerprint density at radius 1 is 0.356 bits per heavy atom. The number of nitrogens with zero attached hydrogens (tertiary/aromatic N) is 2. The van der Waals surface area contributed by atoms with Crippen LogP contribution in [0.2, 0.25) is 0 Å². The fourth-order valence-corrected chi connectivity index (χ4v) is 8.57. The molecule has 3 heterocycles. The van der Waals surface area contributed by atoms with Crippen LogP contribution in [0.3, 0.4) is 0 Å². The predicted molar refractivity (Wildman–Crippen MR) is 193 cm³/mol. The van der Waals surface area contributed by atoms with E-state index in [-0.39, 0.29) is 0 Å². The number of fused-ring (bicyclic) bond motifs is 9. The first-order valence-electron chi connectivity index (χ1n) is 15.4. The molecule has 210 valence electrons. The van der Waals surface area contributed by atoms with Crippen LogP contribution in [0, 0.1) is 0 Å². The molecule has 0 N–H and O–H groups in total. The fourth-order valence-electron chi connectivity index (χ4n) is 7.35. The summed E-state index contributed by atoms with van der Waals surface area (Å²) < 4.78 is 7.47. The van der Waals surface area contributed by atoms with Crippen molar-refractivity contribution in [1.29, 1.82) is 0 Å². The van der Waals surface area contributed by atoms with Crippen molar-refractivity contribution in [1.82, 2.24) is 9.13 Å². The van der Waals surface area contributed by atoms with Gasteiger partial charge in [0, 0.05) is 58.7 Å². The molecule has 0 aliphatic rings. The molecule has 10 rings (SSSR count). The first-order chi connectivity index (χ1) is 22.3. The maximum absolute atomic E-state index is 2.44. The summed E-state index contributed by atoms with van der Waals surface area (Å²) in [5.41, 5.74) is 9.76. The Labute approximate surface area is 263 Å². The number of rotatable bonds is 3. The Morgan fingerprint density at radius 2 is 0.889 bits per heavy atom. The Morgan fingerprint density at radius 3 is 1.58 bits per heavy atom. The minimum atomic E-state index is 1.18. The second-order valence-electron chi connectivity index (χ2n) is 11.8. The standard InChI is InChI=1S/C42H26N2S/c1-2-12-28(13-3-1)43-39-20-10-6-16-32(39)35-24-27(22-23-40(35)43)34-25-29(26-36-33-17-7-11-21-41(33)45-42(34)36)44-37-18-8-4-14-30(37)31-15-5-9-19-38(31)44/h1-26H. The molecule has 0 radical (unpaired) electrons. The van der Waals surface area contributed by atoms with Gasteiger partial charge >= 0.3 is 0 Å². The molecule has 10 aromatic rings. The van der Waals surface area contributed by atoms with Crippen LogP contribution in [0.25, 0.3) is 86.3 Å². The van der Waals surface area contributed by atoms with Gasteiger partial charge in [0.15, 0.2) is 0 Å². The van der Waals surface area contributed by atoms with E-state index >= 15 is 0 Å². The smallest absolute Gasteiger partial charge is 0.0541 e. The highest BCUT2D eigenvalue weighted by Gasteiger charge is 2.19. The molecule has 3 aromatic heterocycles. The summed E-state index contributed by atoms with van der Waals surface area (Å²) in [6, 6.07) is 57.7. The summed E-state index contributed by atoms with van der Waals surface area (Å²) in [5, 5.41) is 7.70. The van der Waals surface area contributed by atoms with E-state index in [1.165, 1.54) is 86.3 Å². The van der Waals surface area contributed by atoms with Crippen LogP contribution in [-0.2, 0) is 0 Å². The molecule has 0 aliphatic heterocycles. The van der Waals surface area contributed by atoms with Gasteiger partial charge in [-0.3, -0.25) is 0 Å². The van der Waals surface area contributed by atoms with Crippen molar-refractivity contribution in [3.63, 3.8) is 0 Å². The third-order valence-corrected chi connectivity index (χ3v) is 10.5.